The highest BCUT2D eigenvalue weighted by Gasteiger charge is 2.10. The molecular weight excluding hydrogens is 232 g/mol. The number of hydrogen-bond acceptors (Lipinski definition) is 2. The van der Waals surface area contributed by atoms with Gasteiger partial charge >= 0.3 is 0 Å². The molecule has 4 nitrogen and oxygen atoms in total. The molecule has 0 fully saturated rings. The molecule has 0 aliphatic rings. The molecule has 0 saturated heterocycles. The van der Waals surface area contributed by atoms with E-state index in [1.165, 1.54) is 0 Å². The summed E-state index contributed by atoms with van der Waals surface area (Å²) in [6.45, 7) is 3.22. The minimum absolute atomic E-state index is 0.136. The number of carbonyl (C=O) groups excluding carboxylic acids is 1. The topological polar surface area (TPSA) is 66.4 Å². The lowest BCUT2D eigenvalue weighted by Crippen LogP contribution is -2.23. The standard InChI is InChI=1S/C9H9F2NO.C2H4O2/c1-2-12-9(13)7-4-3-6(10)5-8(7)11;1-2(3)4/h3-5H,2H2,1H3,(H,12,13);1H3,(H,3,4). The number of rotatable bonds is 2. The second-order valence-corrected chi connectivity index (χ2v) is 3.00. The molecule has 0 aromatic heterocycles. The van der Waals surface area contributed by atoms with E-state index in [0.29, 0.717) is 12.6 Å². The van der Waals surface area contributed by atoms with Crippen molar-refractivity contribution in [3.63, 3.8) is 0 Å². The van der Waals surface area contributed by atoms with Gasteiger partial charge < -0.3 is 10.4 Å². The van der Waals surface area contributed by atoms with Crippen LogP contribution in [0.15, 0.2) is 18.2 Å². The number of benzene rings is 1. The molecule has 0 spiro atoms. The average molecular weight is 245 g/mol. The first-order chi connectivity index (χ1) is 7.88. The molecule has 1 amide bonds. The summed E-state index contributed by atoms with van der Waals surface area (Å²) < 4.78 is 25.3. The van der Waals surface area contributed by atoms with Crippen molar-refractivity contribution in [2.45, 2.75) is 13.8 Å². The fraction of sp³-hybridized carbons (Fsp3) is 0.273. The summed E-state index contributed by atoms with van der Waals surface area (Å²) >= 11 is 0. The minimum Gasteiger partial charge on any atom is -0.481 e. The molecular formula is C11H13F2NO3. The first-order valence-corrected chi connectivity index (χ1v) is 4.81. The molecule has 0 saturated carbocycles. The third-order valence-corrected chi connectivity index (χ3v) is 1.51. The number of amides is 1. The van der Waals surface area contributed by atoms with Gasteiger partial charge in [-0.15, -0.1) is 0 Å². The summed E-state index contributed by atoms with van der Waals surface area (Å²) in [7, 11) is 0. The van der Waals surface area contributed by atoms with Crippen LogP contribution in [0.2, 0.25) is 0 Å². The molecule has 0 bridgehead atoms. The molecule has 0 unspecified atom stereocenters. The largest absolute Gasteiger partial charge is 0.481 e. The quantitative estimate of drug-likeness (QED) is 0.835. The number of halogens is 2. The van der Waals surface area contributed by atoms with Crippen LogP contribution in [0.1, 0.15) is 24.2 Å². The summed E-state index contributed by atoms with van der Waals surface area (Å²) in [5.74, 6) is -2.89. The van der Waals surface area contributed by atoms with Crippen molar-refractivity contribution in [3.8, 4) is 0 Å². The van der Waals surface area contributed by atoms with Crippen molar-refractivity contribution in [3.05, 3.63) is 35.4 Å². The van der Waals surface area contributed by atoms with Crippen molar-refractivity contribution < 1.29 is 23.5 Å². The SMILES string of the molecule is CC(=O)O.CCNC(=O)c1ccc(F)cc1F. The lowest BCUT2D eigenvalue weighted by molar-refractivity contribution is -0.134. The Morgan fingerprint density at radius 3 is 2.29 bits per heavy atom. The molecule has 2 N–H and O–H groups in total. The summed E-state index contributed by atoms with van der Waals surface area (Å²) in [5.41, 5.74) is -0.136. The number of hydrogen-bond donors (Lipinski definition) is 2. The Balaban J connectivity index is 0.000000557. The number of aliphatic carboxylic acids is 1. The summed E-state index contributed by atoms with van der Waals surface area (Å²) in [4.78, 5) is 20.1. The van der Waals surface area contributed by atoms with Gasteiger partial charge in [-0.25, -0.2) is 8.78 Å². The summed E-state index contributed by atoms with van der Waals surface area (Å²) in [6.07, 6.45) is 0. The second-order valence-electron chi connectivity index (χ2n) is 3.00. The predicted octanol–water partition coefficient (Wildman–Crippen LogP) is 1.81. The Morgan fingerprint density at radius 2 is 1.88 bits per heavy atom. The molecule has 1 rings (SSSR count). The fourth-order valence-electron chi connectivity index (χ4n) is 0.929. The lowest BCUT2D eigenvalue weighted by atomic mass is 10.2. The van der Waals surface area contributed by atoms with Gasteiger partial charge in [-0.2, -0.15) is 0 Å². The van der Waals surface area contributed by atoms with Gasteiger partial charge in [0.2, 0.25) is 0 Å². The van der Waals surface area contributed by atoms with Crippen LogP contribution >= 0.6 is 0 Å². The van der Waals surface area contributed by atoms with E-state index in [4.69, 9.17) is 9.90 Å². The van der Waals surface area contributed by atoms with E-state index in [-0.39, 0.29) is 5.56 Å². The molecule has 0 atom stereocenters. The molecule has 0 aliphatic heterocycles. The number of nitrogens with one attached hydrogen (secondary N) is 1. The van der Waals surface area contributed by atoms with Crippen LogP contribution in [0.25, 0.3) is 0 Å². The van der Waals surface area contributed by atoms with Crippen LogP contribution in [-0.2, 0) is 4.79 Å². The van der Waals surface area contributed by atoms with Gasteiger partial charge in [0.15, 0.2) is 0 Å². The average Bonchev–Trinajstić information content (AvgIpc) is 2.16. The van der Waals surface area contributed by atoms with Crippen LogP contribution in [0.3, 0.4) is 0 Å². The van der Waals surface area contributed by atoms with E-state index < -0.39 is 23.5 Å². The molecule has 1 aromatic carbocycles. The van der Waals surface area contributed by atoms with Crippen molar-refractivity contribution in [1.82, 2.24) is 5.32 Å². The van der Waals surface area contributed by atoms with Crippen LogP contribution in [-0.4, -0.2) is 23.5 Å². The molecule has 94 valence electrons. The maximum absolute atomic E-state index is 12.9. The number of carboxylic acids is 1. The van der Waals surface area contributed by atoms with Gasteiger partial charge in [0.1, 0.15) is 11.6 Å². The highest BCUT2D eigenvalue weighted by atomic mass is 19.1. The Bertz CT molecular complexity index is 404. The van der Waals surface area contributed by atoms with Gasteiger partial charge in [0.25, 0.3) is 11.9 Å². The van der Waals surface area contributed by atoms with Crippen LogP contribution in [0.5, 0.6) is 0 Å². The van der Waals surface area contributed by atoms with E-state index in [1.807, 2.05) is 0 Å². The van der Waals surface area contributed by atoms with Crippen LogP contribution in [0, 0.1) is 11.6 Å². The van der Waals surface area contributed by atoms with E-state index >= 15 is 0 Å². The maximum Gasteiger partial charge on any atom is 0.300 e. The van der Waals surface area contributed by atoms with Gasteiger partial charge in [0.05, 0.1) is 5.56 Å². The summed E-state index contributed by atoms with van der Waals surface area (Å²) in [6, 6.07) is 2.86. The molecule has 0 aliphatic carbocycles. The number of carboxylic acid groups (broad SMARTS) is 1. The molecule has 6 heteroatoms. The smallest absolute Gasteiger partial charge is 0.300 e. The highest BCUT2D eigenvalue weighted by molar-refractivity contribution is 5.94. The Hall–Kier alpha value is -1.98. The van der Waals surface area contributed by atoms with Crippen molar-refractivity contribution in [1.29, 1.82) is 0 Å². The second kappa shape index (κ2) is 7.32. The van der Waals surface area contributed by atoms with Crippen molar-refractivity contribution in [2.75, 3.05) is 6.54 Å². The molecule has 17 heavy (non-hydrogen) atoms. The van der Waals surface area contributed by atoms with Crippen LogP contribution < -0.4 is 5.32 Å². The Kier molecular flexibility index (Phi) is 6.47. The normalized spacial score (nSPS) is 8.94. The zero-order valence-electron chi connectivity index (χ0n) is 9.46. The zero-order chi connectivity index (χ0) is 13.4. The van der Waals surface area contributed by atoms with E-state index in [1.54, 1.807) is 6.92 Å². The third-order valence-electron chi connectivity index (χ3n) is 1.51. The first-order valence-electron chi connectivity index (χ1n) is 4.81. The zero-order valence-corrected chi connectivity index (χ0v) is 9.46. The molecule has 0 heterocycles. The third kappa shape index (κ3) is 6.24. The lowest BCUT2D eigenvalue weighted by Gasteiger charge is -2.02. The highest BCUT2D eigenvalue weighted by Crippen LogP contribution is 2.08. The predicted molar refractivity (Wildman–Crippen MR) is 57.7 cm³/mol. The summed E-state index contributed by atoms with van der Waals surface area (Å²) in [5, 5.41) is 9.84. The van der Waals surface area contributed by atoms with E-state index in [2.05, 4.69) is 5.32 Å². The van der Waals surface area contributed by atoms with Crippen LogP contribution in [0.4, 0.5) is 8.78 Å². The van der Waals surface area contributed by atoms with Crippen molar-refractivity contribution in [2.24, 2.45) is 0 Å². The van der Waals surface area contributed by atoms with E-state index in [0.717, 1.165) is 19.1 Å². The monoisotopic (exact) mass is 245 g/mol. The maximum atomic E-state index is 12.9. The van der Waals surface area contributed by atoms with Gasteiger partial charge in [-0.05, 0) is 19.1 Å². The molecule has 0 radical (unpaired) electrons. The Labute approximate surface area is 97.3 Å². The van der Waals surface area contributed by atoms with Gasteiger partial charge in [-0.1, -0.05) is 0 Å². The molecule has 1 aromatic rings. The van der Waals surface area contributed by atoms with Gasteiger partial charge in [0, 0.05) is 19.5 Å². The van der Waals surface area contributed by atoms with Crippen molar-refractivity contribution >= 4 is 11.9 Å². The first kappa shape index (κ1) is 15.0. The van der Waals surface area contributed by atoms with Gasteiger partial charge in [-0.3, -0.25) is 9.59 Å². The van der Waals surface area contributed by atoms with E-state index in [9.17, 15) is 13.6 Å². The Morgan fingerprint density at radius 1 is 1.35 bits per heavy atom. The fourth-order valence-corrected chi connectivity index (χ4v) is 0.929. The minimum atomic E-state index is -0.842. The number of carbonyl (C=O) groups is 2.